The molecule has 0 heterocycles. The SMILES string of the molecule is CNS(=O)(=O)c1ccc([C@@H](C)NCc2ccc(F)c(C#N)c2)cc1. The summed E-state index contributed by atoms with van der Waals surface area (Å²) in [5, 5.41) is 12.1. The molecule has 0 aromatic heterocycles. The van der Waals surface area contributed by atoms with Gasteiger partial charge >= 0.3 is 0 Å². The fraction of sp³-hybridized carbons (Fsp3) is 0.235. The number of hydrogen-bond donors (Lipinski definition) is 2. The number of halogens is 1. The summed E-state index contributed by atoms with van der Waals surface area (Å²) in [6, 6.07) is 12.8. The van der Waals surface area contributed by atoms with Crippen LogP contribution in [0.5, 0.6) is 0 Å². The van der Waals surface area contributed by atoms with Crippen molar-refractivity contribution < 1.29 is 12.8 Å². The maximum Gasteiger partial charge on any atom is 0.240 e. The molecule has 0 spiro atoms. The molecule has 0 radical (unpaired) electrons. The zero-order valence-corrected chi connectivity index (χ0v) is 14.2. The van der Waals surface area contributed by atoms with E-state index in [1.807, 2.05) is 13.0 Å². The van der Waals surface area contributed by atoms with Crippen molar-refractivity contribution in [3.63, 3.8) is 0 Å². The standard InChI is InChI=1S/C17H18FN3O2S/c1-12(14-4-6-16(7-5-14)24(22,23)20-2)21-11-13-3-8-17(18)15(9-13)10-19/h3-9,12,20-21H,11H2,1-2H3/t12-/m1/s1. The van der Waals surface area contributed by atoms with Crippen molar-refractivity contribution in [1.29, 1.82) is 5.26 Å². The summed E-state index contributed by atoms with van der Waals surface area (Å²) in [4.78, 5) is 0.207. The molecule has 5 nitrogen and oxygen atoms in total. The van der Waals surface area contributed by atoms with E-state index in [1.54, 1.807) is 30.3 Å². The topological polar surface area (TPSA) is 82.0 Å². The van der Waals surface area contributed by atoms with Gasteiger partial charge in [-0.3, -0.25) is 0 Å². The van der Waals surface area contributed by atoms with Gasteiger partial charge in [0.1, 0.15) is 11.9 Å². The lowest BCUT2D eigenvalue weighted by Gasteiger charge is -2.15. The molecule has 7 heteroatoms. The molecule has 0 aliphatic heterocycles. The van der Waals surface area contributed by atoms with E-state index in [4.69, 9.17) is 5.26 Å². The molecule has 2 aromatic rings. The van der Waals surface area contributed by atoms with Crippen LogP contribution >= 0.6 is 0 Å². The molecule has 0 saturated heterocycles. The van der Waals surface area contributed by atoms with E-state index in [2.05, 4.69) is 10.0 Å². The van der Waals surface area contributed by atoms with Crippen LogP contribution in [0, 0.1) is 17.1 Å². The van der Waals surface area contributed by atoms with Crippen LogP contribution < -0.4 is 10.0 Å². The minimum absolute atomic E-state index is 0.0172. The van der Waals surface area contributed by atoms with Gasteiger partial charge in [-0.05, 0) is 49.4 Å². The normalized spacial score (nSPS) is 12.6. The lowest BCUT2D eigenvalue weighted by Crippen LogP contribution is -2.20. The van der Waals surface area contributed by atoms with E-state index in [-0.39, 0.29) is 16.5 Å². The van der Waals surface area contributed by atoms with Gasteiger partial charge in [0.25, 0.3) is 0 Å². The lowest BCUT2D eigenvalue weighted by atomic mass is 10.1. The van der Waals surface area contributed by atoms with Crippen molar-refractivity contribution in [1.82, 2.24) is 10.0 Å². The molecule has 24 heavy (non-hydrogen) atoms. The van der Waals surface area contributed by atoms with Crippen molar-refractivity contribution in [2.24, 2.45) is 0 Å². The van der Waals surface area contributed by atoms with Crippen LogP contribution in [-0.4, -0.2) is 15.5 Å². The zero-order chi connectivity index (χ0) is 17.7. The van der Waals surface area contributed by atoms with Gasteiger partial charge in [0.05, 0.1) is 10.5 Å². The Morgan fingerprint density at radius 1 is 1.21 bits per heavy atom. The Balaban J connectivity index is 2.05. The second kappa shape index (κ2) is 7.53. The molecule has 1 atom stereocenters. The Bertz CT molecular complexity index is 858. The number of nitrogens with one attached hydrogen (secondary N) is 2. The third kappa shape index (κ3) is 4.17. The summed E-state index contributed by atoms with van der Waals surface area (Å²) < 4.78 is 39.0. The van der Waals surface area contributed by atoms with Crippen LogP contribution in [0.25, 0.3) is 0 Å². The first-order valence-electron chi connectivity index (χ1n) is 7.33. The van der Waals surface area contributed by atoms with Crippen LogP contribution in [0.2, 0.25) is 0 Å². The maximum atomic E-state index is 13.3. The molecule has 0 bridgehead atoms. The van der Waals surface area contributed by atoms with Gasteiger partial charge in [0.15, 0.2) is 0 Å². The fourth-order valence-electron chi connectivity index (χ4n) is 2.21. The summed E-state index contributed by atoms with van der Waals surface area (Å²) in [6.07, 6.45) is 0. The van der Waals surface area contributed by atoms with Crippen molar-refractivity contribution in [3.05, 3.63) is 65.0 Å². The maximum absolute atomic E-state index is 13.3. The minimum Gasteiger partial charge on any atom is -0.306 e. The van der Waals surface area contributed by atoms with Gasteiger partial charge in [0, 0.05) is 12.6 Å². The van der Waals surface area contributed by atoms with Gasteiger partial charge < -0.3 is 5.32 Å². The Morgan fingerprint density at radius 2 is 1.88 bits per heavy atom. The second-order valence-corrected chi connectivity index (χ2v) is 7.19. The number of nitrogens with zero attached hydrogens (tertiary/aromatic N) is 1. The number of rotatable bonds is 6. The summed E-state index contributed by atoms with van der Waals surface area (Å²) in [6.45, 7) is 2.41. The molecule has 0 aliphatic carbocycles. The quantitative estimate of drug-likeness (QED) is 0.841. The molecule has 2 rings (SSSR count). The Morgan fingerprint density at radius 3 is 2.46 bits per heavy atom. The number of nitriles is 1. The molecule has 0 aliphatic rings. The lowest BCUT2D eigenvalue weighted by molar-refractivity contribution is 0.571. The zero-order valence-electron chi connectivity index (χ0n) is 13.4. The first kappa shape index (κ1) is 18.1. The van der Waals surface area contributed by atoms with Crippen molar-refractivity contribution in [2.75, 3.05) is 7.05 Å². The molecular weight excluding hydrogens is 329 g/mol. The van der Waals surface area contributed by atoms with Gasteiger partial charge in [-0.15, -0.1) is 0 Å². The summed E-state index contributed by atoms with van der Waals surface area (Å²) in [5.41, 5.74) is 1.74. The van der Waals surface area contributed by atoms with Gasteiger partial charge in [0.2, 0.25) is 10.0 Å². The summed E-state index contributed by atoms with van der Waals surface area (Å²) in [7, 11) is -2.08. The molecular formula is C17H18FN3O2S. The van der Waals surface area contributed by atoms with E-state index in [0.717, 1.165) is 11.1 Å². The average Bonchev–Trinajstić information content (AvgIpc) is 2.60. The molecule has 126 valence electrons. The number of hydrogen-bond acceptors (Lipinski definition) is 4. The van der Waals surface area contributed by atoms with E-state index in [9.17, 15) is 12.8 Å². The summed E-state index contributed by atoms with van der Waals surface area (Å²) >= 11 is 0. The molecule has 2 aromatic carbocycles. The monoisotopic (exact) mass is 347 g/mol. The smallest absolute Gasteiger partial charge is 0.240 e. The highest BCUT2D eigenvalue weighted by Gasteiger charge is 2.12. The Hall–Kier alpha value is -2.27. The van der Waals surface area contributed by atoms with Crippen molar-refractivity contribution in [2.45, 2.75) is 24.4 Å². The third-order valence-corrected chi connectivity index (χ3v) is 5.15. The van der Waals surface area contributed by atoms with Crippen LogP contribution in [0.4, 0.5) is 4.39 Å². The molecule has 0 amide bonds. The highest BCUT2D eigenvalue weighted by Crippen LogP contribution is 2.17. The number of benzene rings is 2. The third-order valence-electron chi connectivity index (χ3n) is 3.72. The first-order chi connectivity index (χ1) is 11.4. The molecule has 2 N–H and O–H groups in total. The average molecular weight is 347 g/mol. The van der Waals surface area contributed by atoms with Gasteiger partial charge in [-0.1, -0.05) is 18.2 Å². The van der Waals surface area contributed by atoms with Crippen LogP contribution in [0.1, 0.15) is 29.7 Å². The summed E-state index contributed by atoms with van der Waals surface area (Å²) in [5.74, 6) is -0.532. The molecule has 0 saturated carbocycles. The number of sulfonamides is 1. The van der Waals surface area contributed by atoms with E-state index in [1.165, 1.54) is 19.2 Å². The van der Waals surface area contributed by atoms with E-state index < -0.39 is 15.8 Å². The van der Waals surface area contributed by atoms with Crippen LogP contribution in [-0.2, 0) is 16.6 Å². The van der Waals surface area contributed by atoms with Gasteiger partial charge in [-0.2, -0.15) is 5.26 Å². The van der Waals surface area contributed by atoms with Gasteiger partial charge in [-0.25, -0.2) is 17.5 Å². The molecule has 0 fully saturated rings. The fourth-order valence-corrected chi connectivity index (χ4v) is 2.94. The van der Waals surface area contributed by atoms with E-state index >= 15 is 0 Å². The highest BCUT2D eigenvalue weighted by atomic mass is 32.2. The van der Waals surface area contributed by atoms with Crippen molar-refractivity contribution in [3.8, 4) is 6.07 Å². The van der Waals surface area contributed by atoms with E-state index in [0.29, 0.717) is 6.54 Å². The Labute approximate surface area is 141 Å². The Kier molecular flexibility index (Phi) is 5.67. The molecule has 0 unspecified atom stereocenters. The predicted molar refractivity (Wildman–Crippen MR) is 89.1 cm³/mol. The minimum atomic E-state index is -3.44. The highest BCUT2D eigenvalue weighted by molar-refractivity contribution is 7.89. The predicted octanol–water partition coefficient (Wildman–Crippen LogP) is 2.46. The van der Waals surface area contributed by atoms with Crippen molar-refractivity contribution >= 4 is 10.0 Å². The van der Waals surface area contributed by atoms with Crippen LogP contribution in [0.3, 0.4) is 0 Å². The van der Waals surface area contributed by atoms with Crippen LogP contribution in [0.15, 0.2) is 47.4 Å². The first-order valence-corrected chi connectivity index (χ1v) is 8.81. The largest absolute Gasteiger partial charge is 0.306 e. The second-order valence-electron chi connectivity index (χ2n) is 5.31.